The third-order valence-electron chi connectivity index (χ3n) is 4.91. The summed E-state index contributed by atoms with van der Waals surface area (Å²) < 4.78 is 11.5. The third-order valence-corrected chi connectivity index (χ3v) is 5.80. The van der Waals surface area contributed by atoms with Crippen LogP contribution in [0.3, 0.4) is 0 Å². The second kappa shape index (κ2) is 8.81. The molecule has 6 nitrogen and oxygen atoms in total. The van der Waals surface area contributed by atoms with Gasteiger partial charge in [-0.3, -0.25) is 9.59 Å². The van der Waals surface area contributed by atoms with Crippen molar-refractivity contribution >= 4 is 40.0 Å². The van der Waals surface area contributed by atoms with Gasteiger partial charge in [0.1, 0.15) is 0 Å². The summed E-state index contributed by atoms with van der Waals surface area (Å²) in [7, 11) is 3.15. The van der Waals surface area contributed by atoms with E-state index in [0.29, 0.717) is 35.7 Å². The average molecular weight is 494 g/mol. The maximum atomic E-state index is 13.0. The summed E-state index contributed by atoms with van der Waals surface area (Å²) in [6.07, 6.45) is 0. The molecule has 0 saturated carbocycles. The molecule has 2 aromatic carbocycles. The van der Waals surface area contributed by atoms with Gasteiger partial charge in [0.2, 0.25) is 0 Å². The predicted octanol–water partition coefficient (Wildman–Crippen LogP) is 3.47. The van der Waals surface area contributed by atoms with Gasteiger partial charge >= 0.3 is 0 Å². The molecule has 1 heterocycles. The Balaban J connectivity index is 1.69. The first kappa shape index (κ1) is 20.4. The number of amides is 1. The molecule has 1 saturated heterocycles. The smallest absolute Gasteiger partial charge is 0.255 e. The van der Waals surface area contributed by atoms with Crippen LogP contribution in [0.25, 0.3) is 0 Å². The van der Waals surface area contributed by atoms with Crippen molar-refractivity contribution in [1.82, 2.24) is 4.90 Å². The molecule has 0 unspecified atom stereocenters. The Kier molecular flexibility index (Phi) is 6.43. The van der Waals surface area contributed by atoms with Crippen LogP contribution in [-0.2, 0) is 0 Å². The minimum Gasteiger partial charge on any atom is -0.493 e. The van der Waals surface area contributed by atoms with Crippen LogP contribution in [0, 0.1) is 3.57 Å². The highest BCUT2D eigenvalue weighted by Crippen LogP contribution is 2.32. The lowest BCUT2D eigenvalue weighted by Crippen LogP contribution is -2.49. The molecule has 0 aliphatic carbocycles. The van der Waals surface area contributed by atoms with Crippen LogP contribution in [0.4, 0.5) is 5.69 Å². The molecule has 0 atom stereocenters. The Bertz CT molecular complexity index is 875. The van der Waals surface area contributed by atoms with E-state index in [1.165, 1.54) is 0 Å². The number of ketones is 1. The summed E-state index contributed by atoms with van der Waals surface area (Å²) >= 11 is 2.15. The minimum absolute atomic E-state index is 0.00284. The van der Waals surface area contributed by atoms with E-state index in [4.69, 9.17) is 9.47 Å². The number of hydrogen-bond acceptors (Lipinski definition) is 5. The van der Waals surface area contributed by atoms with Crippen molar-refractivity contribution in [3.05, 3.63) is 51.1 Å². The van der Waals surface area contributed by atoms with Gasteiger partial charge in [-0.1, -0.05) is 0 Å². The molecule has 1 aliphatic rings. The number of benzene rings is 2. The van der Waals surface area contributed by atoms with Crippen LogP contribution < -0.4 is 14.4 Å². The van der Waals surface area contributed by atoms with Gasteiger partial charge in [-0.25, -0.2) is 0 Å². The SMILES string of the molecule is COc1cc(I)c(C(=O)N2CCN(c3ccc(C(C)=O)cc3)CC2)cc1OC. The summed E-state index contributed by atoms with van der Waals surface area (Å²) in [5.41, 5.74) is 2.40. The van der Waals surface area contributed by atoms with E-state index >= 15 is 0 Å². The first-order valence-electron chi connectivity index (χ1n) is 9.01. The summed E-state index contributed by atoms with van der Waals surface area (Å²) in [5.74, 6) is 1.22. The van der Waals surface area contributed by atoms with Crippen molar-refractivity contribution < 1.29 is 19.1 Å². The molecule has 0 bridgehead atoms. The molecule has 3 rings (SSSR count). The fraction of sp³-hybridized carbons (Fsp3) is 0.333. The van der Waals surface area contributed by atoms with Crippen LogP contribution in [0.2, 0.25) is 0 Å². The number of nitrogens with zero attached hydrogens (tertiary/aromatic N) is 2. The van der Waals surface area contributed by atoms with Crippen LogP contribution in [-0.4, -0.2) is 57.0 Å². The number of carbonyl (C=O) groups excluding carboxylic acids is 2. The van der Waals surface area contributed by atoms with E-state index in [9.17, 15) is 9.59 Å². The number of anilines is 1. The topological polar surface area (TPSA) is 59.1 Å². The van der Waals surface area contributed by atoms with Gasteiger partial charge in [-0.15, -0.1) is 0 Å². The lowest BCUT2D eigenvalue weighted by Gasteiger charge is -2.36. The number of carbonyl (C=O) groups is 2. The average Bonchev–Trinajstić information content (AvgIpc) is 2.73. The Labute approximate surface area is 178 Å². The van der Waals surface area contributed by atoms with Gasteiger partial charge in [0.25, 0.3) is 5.91 Å². The first-order valence-corrected chi connectivity index (χ1v) is 10.1. The summed E-state index contributed by atoms with van der Waals surface area (Å²) in [6.45, 7) is 4.33. The molecule has 0 radical (unpaired) electrons. The molecule has 1 amide bonds. The predicted molar refractivity (Wildman–Crippen MR) is 117 cm³/mol. The number of hydrogen-bond donors (Lipinski definition) is 0. The van der Waals surface area contributed by atoms with Crippen LogP contribution in [0.5, 0.6) is 11.5 Å². The lowest BCUT2D eigenvalue weighted by molar-refractivity contribution is 0.0745. The fourth-order valence-corrected chi connectivity index (χ4v) is 3.93. The van der Waals surface area contributed by atoms with Gasteiger partial charge in [-0.05, 0) is 65.9 Å². The van der Waals surface area contributed by atoms with Crippen molar-refractivity contribution in [3.63, 3.8) is 0 Å². The zero-order chi connectivity index (χ0) is 20.3. The summed E-state index contributed by atoms with van der Waals surface area (Å²) in [6, 6.07) is 11.2. The Hall–Kier alpha value is -2.29. The third kappa shape index (κ3) is 4.24. The standard InChI is InChI=1S/C21H23IN2O4/c1-14(25)15-4-6-16(7-5-15)23-8-10-24(11-9-23)21(26)17-12-19(27-2)20(28-3)13-18(17)22/h4-7,12-13H,8-11H2,1-3H3. The molecule has 148 valence electrons. The number of Topliss-reactive ketones (excluding diaryl/α,β-unsaturated/α-hetero) is 1. The highest BCUT2D eigenvalue weighted by molar-refractivity contribution is 14.1. The van der Waals surface area contributed by atoms with Crippen molar-refractivity contribution in [2.75, 3.05) is 45.3 Å². The Morgan fingerprint density at radius 2 is 1.50 bits per heavy atom. The van der Waals surface area contributed by atoms with Crippen molar-refractivity contribution in [1.29, 1.82) is 0 Å². The lowest BCUT2D eigenvalue weighted by atomic mass is 10.1. The second-order valence-corrected chi connectivity index (χ2v) is 7.73. The van der Waals surface area contributed by atoms with Gasteiger partial charge in [-0.2, -0.15) is 0 Å². The number of halogens is 1. The molecule has 0 N–H and O–H groups in total. The zero-order valence-electron chi connectivity index (χ0n) is 16.2. The van der Waals surface area contributed by atoms with Crippen LogP contribution in [0.15, 0.2) is 36.4 Å². The van der Waals surface area contributed by atoms with Gasteiger partial charge < -0.3 is 19.3 Å². The van der Waals surface area contributed by atoms with E-state index < -0.39 is 0 Å². The van der Waals surface area contributed by atoms with E-state index in [1.54, 1.807) is 27.2 Å². The second-order valence-electron chi connectivity index (χ2n) is 6.57. The molecule has 1 fully saturated rings. The summed E-state index contributed by atoms with van der Waals surface area (Å²) in [4.78, 5) is 28.5. The zero-order valence-corrected chi connectivity index (χ0v) is 18.4. The van der Waals surface area contributed by atoms with Crippen LogP contribution >= 0.6 is 22.6 Å². The molecular formula is C21H23IN2O4. The Morgan fingerprint density at radius 1 is 0.929 bits per heavy atom. The number of methoxy groups -OCH3 is 2. The number of rotatable bonds is 5. The van der Waals surface area contributed by atoms with Gasteiger partial charge in [0, 0.05) is 41.0 Å². The van der Waals surface area contributed by atoms with E-state index in [1.807, 2.05) is 35.2 Å². The van der Waals surface area contributed by atoms with E-state index in [0.717, 1.165) is 22.3 Å². The largest absolute Gasteiger partial charge is 0.493 e. The monoisotopic (exact) mass is 494 g/mol. The quantitative estimate of drug-likeness (QED) is 0.471. The molecule has 0 aromatic heterocycles. The molecule has 1 aliphatic heterocycles. The minimum atomic E-state index is -0.00284. The van der Waals surface area contributed by atoms with E-state index in [-0.39, 0.29) is 11.7 Å². The normalized spacial score (nSPS) is 14.0. The number of piperazine rings is 1. The molecule has 2 aromatic rings. The van der Waals surface area contributed by atoms with Crippen LogP contribution in [0.1, 0.15) is 27.6 Å². The maximum absolute atomic E-state index is 13.0. The molecular weight excluding hydrogens is 471 g/mol. The van der Waals surface area contributed by atoms with Crippen molar-refractivity contribution in [2.24, 2.45) is 0 Å². The summed E-state index contributed by atoms with van der Waals surface area (Å²) in [5, 5.41) is 0. The Morgan fingerprint density at radius 3 is 2.04 bits per heavy atom. The van der Waals surface area contributed by atoms with E-state index in [2.05, 4.69) is 27.5 Å². The first-order chi connectivity index (χ1) is 13.4. The highest BCUT2D eigenvalue weighted by Gasteiger charge is 2.25. The molecule has 28 heavy (non-hydrogen) atoms. The fourth-order valence-electron chi connectivity index (χ4n) is 3.26. The number of ether oxygens (including phenoxy) is 2. The van der Waals surface area contributed by atoms with Crippen molar-refractivity contribution in [3.8, 4) is 11.5 Å². The van der Waals surface area contributed by atoms with Crippen molar-refractivity contribution in [2.45, 2.75) is 6.92 Å². The molecule has 0 spiro atoms. The van der Waals surface area contributed by atoms with Gasteiger partial charge in [0.15, 0.2) is 17.3 Å². The maximum Gasteiger partial charge on any atom is 0.255 e. The van der Waals surface area contributed by atoms with Gasteiger partial charge in [0.05, 0.1) is 19.8 Å². The highest BCUT2D eigenvalue weighted by atomic mass is 127. The molecule has 7 heteroatoms.